The van der Waals surface area contributed by atoms with Gasteiger partial charge >= 0.3 is 5.97 Å². The van der Waals surface area contributed by atoms with Crippen LogP contribution in [0.4, 0.5) is 0 Å². The number of carbonyl (C=O) groups is 1. The van der Waals surface area contributed by atoms with Crippen molar-refractivity contribution >= 4 is 12.0 Å². The fraction of sp³-hybridized carbons (Fsp3) is 0.775. The van der Waals surface area contributed by atoms with E-state index in [1.54, 1.807) is 24.3 Å². The number of methoxy groups -OCH3 is 1. The molecule has 6 rings (SSSR count). The molecule has 1 aromatic rings. The fourth-order valence-corrected chi connectivity index (χ4v) is 12.7. The van der Waals surface area contributed by atoms with E-state index in [1.807, 2.05) is 0 Å². The zero-order valence-electron chi connectivity index (χ0n) is 29.0. The van der Waals surface area contributed by atoms with Crippen LogP contribution in [0.2, 0.25) is 0 Å². The lowest BCUT2D eigenvalue weighted by Gasteiger charge is -2.63. The van der Waals surface area contributed by atoms with Crippen LogP contribution in [0.25, 0.3) is 6.08 Å². The second-order valence-electron chi connectivity index (χ2n) is 17.5. The van der Waals surface area contributed by atoms with Gasteiger partial charge in [-0.05, 0) is 133 Å². The Bertz CT molecular complexity index is 1280. The molecular formula is C40H60O4. The molecule has 5 fully saturated rings. The van der Waals surface area contributed by atoms with Crippen LogP contribution in [0, 0.1) is 56.7 Å². The molecule has 0 aromatic heterocycles. The van der Waals surface area contributed by atoms with Crippen molar-refractivity contribution in [2.45, 2.75) is 132 Å². The normalized spacial score (nSPS) is 40.9. The van der Waals surface area contributed by atoms with Gasteiger partial charge in [0.15, 0.2) is 11.5 Å². The van der Waals surface area contributed by atoms with E-state index in [1.165, 1.54) is 83.8 Å². The van der Waals surface area contributed by atoms with Crippen LogP contribution >= 0.6 is 0 Å². The van der Waals surface area contributed by atoms with Crippen molar-refractivity contribution in [1.82, 2.24) is 0 Å². The first-order valence-electron chi connectivity index (χ1n) is 18.0. The smallest absolute Gasteiger partial charge is 0.331 e. The van der Waals surface area contributed by atoms with Crippen molar-refractivity contribution in [3.8, 4) is 11.5 Å². The molecule has 244 valence electrons. The number of benzene rings is 1. The lowest BCUT2D eigenvalue weighted by atomic mass is 9.41. The van der Waals surface area contributed by atoms with Gasteiger partial charge in [-0.15, -0.1) is 0 Å². The van der Waals surface area contributed by atoms with Crippen molar-refractivity contribution in [1.29, 1.82) is 0 Å². The van der Waals surface area contributed by atoms with E-state index in [0.717, 1.165) is 35.7 Å². The van der Waals surface area contributed by atoms with Gasteiger partial charge in [-0.3, -0.25) is 0 Å². The number of carbonyl (C=O) groups excluding carboxylic acids is 1. The number of phenolic OH excluding ortho intramolecular Hbond substituents is 1. The maximum atomic E-state index is 13.1. The standard InChI is InChI=1S/C40H60O4/c1-26(2)10-9-11-27(3)29-18-20-38(7)33-16-15-32-36(4,5)34(19-21-39(32)25-40(33,39)23-22-37(29,38)6)44-35(42)17-13-28-12-14-30(41)31(24-28)43-8/h12-14,17,24,26-27,29,32-34,41H,9-11,15-16,18-23,25H2,1-8H3/b17-13+/t27-,29-,32+,33+,34+,37-,38+,39-,40+/m1/s1. The average Bonchev–Trinajstić information content (AvgIpc) is 3.55. The Kier molecular flexibility index (Phi) is 8.06. The third-order valence-corrected chi connectivity index (χ3v) is 15.1. The number of rotatable bonds is 9. The molecule has 44 heavy (non-hydrogen) atoms. The lowest BCUT2D eigenvalue weighted by molar-refractivity contribution is -0.179. The fourth-order valence-electron chi connectivity index (χ4n) is 12.7. The molecule has 9 atom stereocenters. The molecule has 5 aliphatic carbocycles. The molecular weight excluding hydrogens is 544 g/mol. The summed E-state index contributed by atoms with van der Waals surface area (Å²) in [5, 5.41) is 9.88. The summed E-state index contributed by atoms with van der Waals surface area (Å²) in [5.41, 5.74) is 2.69. The van der Waals surface area contributed by atoms with E-state index < -0.39 is 0 Å². The summed E-state index contributed by atoms with van der Waals surface area (Å²) in [4.78, 5) is 13.1. The van der Waals surface area contributed by atoms with E-state index in [2.05, 4.69) is 48.5 Å². The minimum Gasteiger partial charge on any atom is -0.504 e. The molecule has 0 unspecified atom stereocenters. The molecule has 0 bridgehead atoms. The number of esters is 1. The largest absolute Gasteiger partial charge is 0.504 e. The third-order valence-electron chi connectivity index (χ3n) is 15.1. The molecule has 0 saturated heterocycles. The molecule has 0 radical (unpaired) electrons. The number of hydrogen-bond donors (Lipinski definition) is 1. The van der Waals surface area contributed by atoms with Gasteiger partial charge in [0.1, 0.15) is 6.10 Å². The summed E-state index contributed by atoms with van der Waals surface area (Å²) in [6, 6.07) is 5.09. The zero-order chi connectivity index (χ0) is 31.7. The quantitative estimate of drug-likeness (QED) is 0.225. The van der Waals surface area contributed by atoms with Gasteiger partial charge in [0, 0.05) is 11.5 Å². The highest BCUT2D eigenvalue weighted by atomic mass is 16.5. The molecule has 0 amide bonds. The van der Waals surface area contributed by atoms with Crippen LogP contribution in [-0.4, -0.2) is 24.3 Å². The van der Waals surface area contributed by atoms with Crippen molar-refractivity contribution in [3.05, 3.63) is 29.8 Å². The lowest BCUT2D eigenvalue weighted by Crippen LogP contribution is -2.58. The van der Waals surface area contributed by atoms with Gasteiger partial charge in [0.2, 0.25) is 0 Å². The summed E-state index contributed by atoms with van der Waals surface area (Å²) in [6.45, 7) is 17.6. The van der Waals surface area contributed by atoms with E-state index in [9.17, 15) is 9.90 Å². The monoisotopic (exact) mass is 604 g/mol. The Morgan fingerprint density at radius 1 is 0.932 bits per heavy atom. The molecule has 4 nitrogen and oxygen atoms in total. The molecule has 2 spiro atoms. The Labute approximate surface area is 267 Å². The van der Waals surface area contributed by atoms with E-state index in [-0.39, 0.29) is 23.2 Å². The van der Waals surface area contributed by atoms with Crippen LogP contribution in [-0.2, 0) is 9.53 Å². The number of fused-ring (bicyclic) bond motifs is 2. The van der Waals surface area contributed by atoms with Crippen molar-refractivity contribution < 1.29 is 19.4 Å². The number of phenols is 1. The second-order valence-corrected chi connectivity index (χ2v) is 17.5. The second kappa shape index (κ2) is 11.1. The summed E-state index contributed by atoms with van der Waals surface area (Å²) in [7, 11) is 1.53. The topological polar surface area (TPSA) is 55.8 Å². The van der Waals surface area contributed by atoms with Gasteiger partial charge < -0.3 is 14.6 Å². The van der Waals surface area contributed by atoms with Crippen LogP contribution in [0.3, 0.4) is 0 Å². The molecule has 5 saturated carbocycles. The zero-order valence-corrected chi connectivity index (χ0v) is 29.0. The van der Waals surface area contributed by atoms with Crippen LogP contribution in [0.5, 0.6) is 11.5 Å². The minimum absolute atomic E-state index is 0.0250. The molecule has 0 heterocycles. The average molecular weight is 605 g/mol. The van der Waals surface area contributed by atoms with Crippen molar-refractivity contribution in [2.24, 2.45) is 56.7 Å². The first-order chi connectivity index (χ1) is 20.7. The van der Waals surface area contributed by atoms with Crippen molar-refractivity contribution in [2.75, 3.05) is 7.11 Å². The summed E-state index contributed by atoms with van der Waals surface area (Å²) < 4.78 is 11.5. The third kappa shape index (κ3) is 4.69. The predicted molar refractivity (Wildman–Crippen MR) is 178 cm³/mol. The van der Waals surface area contributed by atoms with Gasteiger partial charge in [-0.1, -0.05) is 73.8 Å². The van der Waals surface area contributed by atoms with E-state index in [4.69, 9.17) is 9.47 Å². The molecule has 1 N–H and O–H groups in total. The maximum absolute atomic E-state index is 13.1. The Morgan fingerprint density at radius 2 is 1.66 bits per heavy atom. The summed E-state index contributed by atoms with van der Waals surface area (Å²) >= 11 is 0. The Morgan fingerprint density at radius 3 is 2.39 bits per heavy atom. The van der Waals surface area contributed by atoms with E-state index >= 15 is 0 Å². The highest BCUT2D eigenvalue weighted by Gasteiger charge is 2.82. The van der Waals surface area contributed by atoms with Gasteiger partial charge in [-0.25, -0.2) is 4.79 Å². The first-order valence-corrected chi connectivity index (χ1v) is 18.0. The minimum atomic E-state index is -0.272. The van der Waals surface area contributed by atoms with E-state index in [0.29, 0.717) is 33.3 Å². The Balaban J connectivity index is 1.14. The highest BCUT2D eigenvalue weighted by Crippen LogP contribution is 2.89. The number of aromatic hydroxyl groups is 1. The number of hydrogen-bond acceptors (Lipinski definition) is 4. The van der Waals surface area contributed by atoms with Crippen molar-refractivity contribution in [3.63, 3.8) is 0 Å². The highest BCUT2D eigenvalue weighted by molar-refractivity contribution is 5.87. The molecule has 5 aliphatic rings. The molecule has 0 aliphatic heterocycles. The Hall–Kier alpha value is -1.97. The van der Waals surface area contributed by atoms with Crippen LogP contribution < -0.4 is 4.74 Å². The molecule has 4 heteroatoms. The summed E-state index contributed by atoms with van der Waals surface area (Å²) in [6.07, 6.45) is 19.4. The van der Waals surface area contributed by atoms with Gasteiger partial charge in [-0.2, -0.15) is 0 Å². The number of ether oxygens (including phenoxy) is 2. The van der Waals surface area contributed by atoms with Crippen LogP contribution in [0.15, 0.2) is 24.3 Å². The molecule has 1 aromatic carbocycles. The maximum Gasteiger partial charge on any atom is 0.331 e. The predicted octanol–water partition coefficient (Wildman–Crippen LogP) is 10.2. The SMILES string of the molecule is COc1cc(/C=C/C(=O)O[C@H]2CC[C@]34C[C@]35CC[C@]3(C)[C@@H]([C@H](C)CCCC(C)C)CC[C@@]3(C)[C@@H]5CC[C@H]4C2(C)C)ccc1O. The summed E-state index contributed by atoms with van der Waals surface area (Å²) in [5.74, 6) is 4.24. The van der Waals surface area contributed by atoms with Gasteiger partial charge in [0.05, 0.1) is 7.11 Å². The first kappa shape index (κ1) is 32.0. The van der Waals surface area contributed by atoms with Gasteiger partial charge in [0.25, 0.3) is 0 Å². The van der Waals surface area contributed by atoms with Crippen LogP contribution in [0.1, 0.15) is 131 Å².